The van der Waals surface area contributed by atoms with E-state index in [9.17, 15) is 0 Å². The van der Waals surface area contributed by atoms with E-state index in [0.29, 0.717) is 6.61 Å². The average Bonchev–Trinajstić information content (AvgIpc) is 2.72. The van der Waals surface area contributed by atoms with Gasteiger partial charge in [0.05, 0.1) is 26.9 Å². The number of hydrogen-bond acceptors (Lipinski definition) is 4. The van der Waals surface area contributed by atoms with Gasteiger partial charge < -0.3 is 24.4 Å². The Morgan fingerprint density at radius 3 is 2.46 bits per heavy atom. The predicted molar refractivity (Wildman–Crippen MR) is 115 cm³/mol. The number of ether oxygens (including phenoxy) is 3. The van der Waals surface area contributed by atoms with E-state index >= 15 is 0 Å². The van der Waals surface area contributed by atoms with E-state index < -0.39 is 0 Å². The summed E-state index contributed by atoms with van der Waals surface area (Å²) in [4.78, 5) is 2.26. The number of thiocarbonyl (C=S) groups is 1. The van der Waals surface area contributed by atoms with Crippen LogP contribution in [-0.4, -0.2) is 50.5 Å². The zero-order valence-corrected chi connectivity index (χ0v) is 17.7. The molecule has 0 amide bonds. The fourth-order valence-corrected chi connectivity index (χ4v) is 4.14. The number of fused-ring (bicyclic) bond motifs is 1. The molecule has 0 bridgehead atoms. The molecule has 2 atom stereocenters. The van der Waals surface area contributed by atoms with Crippen LogP contribution >= 0.6 is 12.2 Å². The number of nitrogens with zero attached hydrogens (tertiary/aromatic N) is 1. The highest BCUT2D eigenvalue weighted by atomic mass is 32.1. The highest BCUT2D eigenvalue weighted by molar-refractivity contribution is 7.80. The molecule has 0 aromatic heterocycles. The first-order valence-corrected chi connectivity index (χ1v) is 9.85. The lowest BCUT2D eigenvalue weighted by Gasteiger charge is -2.40. The molecule has 1 heterocycles. The third kappa shape index (κ3) is 4.23. The lowest BCUT2D eigenvalue weighted by atomic mass is 9.88. The molecule has 0 radical (unpaired) electrons. The van der Waals surface area contributed by atoms with Gasteiger partial charge in [-0.2, -0.15) is 0 Å². The van der Waals surface area contributed by atoms with Crippen LogP contribution in [0.25, 0.3) is 0 Å². The molecule has 150 valence electrons. The molecule has 2 unspecified atom stereocenters. The number of methoxy groups -OCH3 is 3. The molecule has 0 fully saturated rings. The van der Waals surface area contributed by atoms with Crippen molar-refractivity contribution in [2.24, 2.45) is 0 Å². The van der Waals surface area contributed by atoms with Gasteiger partial charge in [0.2, 0.25) is 0 Å². The van der Waals surface area contributed by atoms with Gasteiger partial charge >= 0.3 is 0 Å². The van der Waals surface area contributed by atoms with Gasteiger partial charge in [-0.25, -0.2) is 0 Å². The van der Waals surface area contributed by atoms with Crippen LogP contribution in [0.2, 0.25) is 0 Å². The highest BCUT2D eigenvalue weighted by Gasteiger charge is 2.32. The number of benzene rings is 2. The molecule has 0 spiro atoms. The summed E-state index contributed by atoms with van der Waals surface area (Å²) in [6, 6.07) is 14.8. The van der Waals surface area contributed by atoms with E-state index in [1.54, 1.807) is 21.3 Å². The van der Waals surface area contributed by atoms with Crippen molar-refractivity contribution in [2.75, 3.05) is 34.5 Å². The lowest BCUT2D eigenvalue weighted by Crippen LogP contribution is -2.49. The topological polar surface area (TPSA) is 43.0 Å². The molecule has 3 rings (SSSR count). The maximum Gasteiger partial charge on any atom is 0.170 e. The van der Waals surface area contributed by atoms with Crippen molar-refractivity contribution < 1.29 is 14.2 Å². The van der Waals surface area contributed by atoms with Crippen LogP contribution in [0, 0.1) is 0 Å². The summed E-state index contributed by atoms with van der Waals surface area (Å²) in [6.45, 7) is 3.50. The minimum atomic E-state index is 0.0134. The molecular formula is C22H28N2O3S. The zero-order valence-electron chi connectivity index (χ0n) is 16.9. The molecule has 1 aliphatic rings. The van der Waals surface area contributed by atoms with Crippen molar-refractivity contribution in [1.29, 1.82) is 0 Å². The van der Waals surface area contributed by atoms with Crippen LogP contribution in [0.4, 0.5) is 0 Å². The minimum absolute atomic E-state index is 0.0134. The Morgan fingerprint density at radius 1 is 1.14 bits per heavy atom. The first kappa shape index (κ1) is 20.4. The van der Waals surface area contributed by atoms with Crippen molar-refractivity contribution in [3.05, 3.63) is 59.2 Å². The van der Waals surface area contributed by atoms with E-state index in [1.165, 1.54) is 16.7 Å². The number of hydrogen-bond donors (Lipinski definition) is 1. The summed E-state index contributed by atoms with van der Waals surface area (Å²) in [5, 5.41) is 4.14. The number of rotatable bonds is 6. The molecule has 1 aliphatic heterocycles. The third-order valence-corrected chi connectivity index (χ3v) is 5.39. The summed E-state index contributed by atoms with van der Waals surface area (Å²) in [5.74, 6) is 1.49. The van der Waals surface area contributed by atoms with Gasteiger partial charge in [0.1, 0.15) is 0 Å². The minimum Gasteiger partial charge on any atom is -0.493 e. The van der Waals surface area contributed by atoms with Crippen LogP contribution in [0.1, 0.15) is 29.7 Å². The zero-order chi connectivity index (χ0) is 20.1. The summed E-state index contributed by atoms with van der Waals surface area (Å²) < 4.78 is 16.3. The second-order valence-electron chi connectivity index (χ2n) is 6.97. The summed E-state index contributed by atoms with van der Waals surface area (Å²) in [6.07, 6.45) is 0.888. The Labute approximate surface area is 172 Å². The van der Waals surface area contributed by atoms with Gasteiger partial charge in [-0.1, -0.05) is 30.3 Å². The predicted octanol–water partition coefficient (Wildman–Crippen LogP) is 3.56. The summed E-state index contributed by atoms with van der Waals surface area (Å²) in [7, 11) is 5.04. The van der Waals surface area contributed by atoms with Gasteiger partial charge in [-0.3, -0.25) is 0 Å². The molecule has 6 heteroatoms. The first-order valence-electron chi connectivity index (χ1n) is 9.44. The normalized spacial score (nSPS) is 16.9. The van der Waals surface area contributed by atoms with Crippen molar-refractivity contribution >= 4 is 17.3 Å². The van der Waals surface area contributed by atoms with Crippen molar-refractivity contribution in [2.45, 2.75) is 25.4 Å². The Hall–Kier alpha value is -2.31. The van der Waals surface area contributed by atoms with E-state index in [0.717, 1.165) is 29.6 Å². The van der Waals surface area contributed by atoms with Crippen LogP contribution in [-0.2, 0) is 11.2 Å². The fourth-order valence-electron chi connectivity index (χ4n) is 3.74. The van der Waals surface area contributed by atoms with E-state index in [4.69, 9.17) is 26.4 Å². The summed E-state index contributed by atoms with van der Waals surface area (Å²) >= 11 is 5.78. The monoisotopic (exact) mass is 400 g/mol. The Kier molecular flexibility index (Phi) is 6.75. The van der Waals surface area contributed by atoms with Crippen molar-refractivity contribution in [3.8, 4) is 11.5 Å². The molecular weight excluding hydrogens is 372 g/mol. The average molecular weight is 401 g/mol. The van der Waals surface area contributed by atoms with Crippen LogP contribution < -0.4 is 14.8 Å². The Balaban J connectivity index is 2.02. The molecule has 0 aliphatic carbocycles. The second-order valence-corrected chi connectivity index (χ2v) is 7.36. The van der Waals surface area contributed by atoms with Crippen molar-refractivity contribution in [1.82, 2.24) is 10.2 Å². The SMILES string of the molecule is COCC(C)NC(=S)N1CCc2cc(OC)c(OC)cc2C1c1ccccc1. The largest absolute Gasteiger partial charge is 0.493 e. The van der Waals surface area contributed by atoms with E-state index in [-0.39, 0.29) is 12.1 Å². The van der Waals surface area contributed by atoms with Gasteiger partial charge in [0.15, 0.2) is 16.6 Å². The van der Waals surface area contributed by atoms with Gasteiger partial charge in [-0.05, 0) is 54.4 Å². The Bertz CT molecular complexity index is 813. The maximum absolute atomic E-state index is 5.78. The van der Waals surface area contributed by atoms with Gasteiger partial charge in [0, 0.05) is 19.7 Å². The molecule has 28 heavy (non-hydrogen) atoms. The molecule has 1 N–H and O–H groups in total. The van der Waals surface area contributed by atoms with Gasteiger partial charge in [-0.15, -0.1) is 0 Å². The molecule has 0 saturated carbocycles. The fraction of sp³-hybridized carbons (Fsp3) is 0.409. The molecule has 5 nitrogen and oxygen atoms in total. The lowest BCUT2D eigenvalue weighted by molar-refractivity contribution is 0.177. The standard InChI is InChI=1S/C22H28N2O3S/c1-15(14-25-2)23-22(28)24-11-10-17-12-19(26-3)20(27-4)13-18(17)21(24)16-8-6-5-7-9-16/h5-9,12-13,15,21H,10-11,14H2,1-4H3,(H,23,28). The smallest absolute Gasteiger partial charge is 0.170 e. The Morgan fingerprint density at radius 2 is 1.82 bits per heavy atom. The summed E-state index contributed by atoms with van der Waals surface area (Å²) in [5.41, 5.74) is 3.65. The van der Waals surface area contributed by atoms with Crippen LogP contribution in [0.3, 0.4) is 0 Å². The second kappa shape index (κ2) is 9.26. The quantitative estimate of drug-likeness (QED) is 0.748. The third-order valence-electron chi connectivity index (χ3n) is 5.04. The van der Waals surface area contributed by atoms with E-state index in [1.807, 2.05) is 6.07 Å². The molecule has 2 aromatic rings. The molecule has 0 saturated heterocycles. The molecule has 2 aromatic carbocycles. The van der Waals surface area contributed by atoms with Crippen LogP contribution in [0.15, 0.2) is 42.5 Å². The highest BCUT2D eigenvalue weighted by Crippen LogP contribution is 2.41. The van der Waals surface area contributed by atoms with Crippen molar-refractivity contribution in [3.63, 3.8) is 0 Å². The van der Waals surface area contributed by atoms with Crippen LogP contribution in [0.5, 0.6) is 11.5 Å². The maximum atomic E-state index is 5.78. The first-order chi connectivity index (χ1) is 13.6. The van der Waals surface area contributed by atoms with Gasteiger partial charge in [0.25, 0.3) is 0 Å². The number of nitrogens with one attached hydrogen (secondary N) is 1. The van der Waals surface area contributed by atoms with E-state index in [2.05, 4.69) is 53.5 Å².